The van der Waals surface area contributed by atoms with Crippen LogP contribution in [0.1, 0.15) is 35.8 Å². The van der Waals surface area contributed by atoms with E-state index in [0.717, 1.165) is 6.33 Å². The molecule has 4 nitrogen and oxygen atoms in total. The molecule has 0 spiro atoms. The average molecular weight is 260 g/mol. The van der Waals surface area contributed by atoms with Gasteiger partial charge >= 0.3 is 5.97 Å². The van der Waals surface area contributed by atoms with Gasteiger partial charge in [0.05, 0.1) is 5.69 Å². The van der Waals surface area contributed by atoms with Gasteiger partial charge in [-0.25, -0.2) is 19.2 Å². The van der Waals surface area contributed by atoms with Crippen LogP contribution >= 0.6 is 0 Å². The minimum absolute atomic E-state index is 0.0917. The number of aromatic nitrogens is 2. The highest BCUT2D eigenvalue weighted by Crippen LogP contribution is 2.24. The molecule has 19 heavy (non-hydrogen) atoms. The molecule has 0 radical (unpaired) electrons. The van der Waals surface area contributed by atoms with Crippen LogP contribution < -0.4 is 0 Å². The maximum Gasteiger partial charge on any atom is 0.354 e. The first-order valence-electron chi connectivity index (χ1n) is 5.84. The van der Waals surface area contributed by atoms with Crippen molar-refractivity contribution in [3.05, 3.63) is 47.7 Å². The van der Waals surface area contributed by atoms with Gasteiger partial charge in [0.2, 0.25) is 0 Å². The molecule has 5 heteroatoms. The van der Waals surface area contributed by atoms with E-state index in [1.54, 1.807) is 12.1 Å². The van der Waals surface area contributed by atoms with Crippen LogP contribution in [0.4, 0.5) is 4.39 Å². The third kappa shape index (κ3) is 2.76. The third-order valence-corrected chi connectivity index (χ3v) is 2.80. The summed E-state index contributed by atoms with van der Waals surface area (Å²) >= 11 is 0. The van der Waals surface area contributed by atoms with Crippen LogP contribution in [-0.4, -0.2) is 21.0 Å². The van der Waals surface area contributed by atoms with E-state index in [1.807, 2.05) is 13.8 Å². The molecule has 0 saturated heterocycles. The third-order valence-electron chi connectivity index (χ3n) is 2.80. The summed E-state index contributed by atoms with van der Waals surface area (Å²) in [5, 5.41) is 8.86. The van der Waals surface area contributed by atoms with Crippen molar-refractivity contribution in [2.75, 3.05) is 0 Å². The van der Waals surface area contributed by atoms with Crippen molar-refractivity contribution in [2.24, 2.45) is 0 Å². The highest BCUT2D eigenvalue weighted by atomic mass is 19.1. The molecule has 0 saturated carbocycles. The van der Waals surface area contributed by atoms with Gasteiger partial charge in [0.25, 0.3) is 0 Å². The maximum atomic E-state index is 13.9. The fraction of sp³-hybridized carbons (Fsp3) is 0.214. The fourth-order valence-electron chi connectivity index (χ4n) is 1.79. The van der Waals surface area contributed by atoms with Crippen molar-refractivity contribution in [3.63, 3.8) is 0 Å². The highest BCUT2D eigenvalue weighted by Gasteiger charge is 2.11. The van der Waals surface area contributed by atoms with E-state index < -0.39 is 5.97 Å². The van der Waals surface area contributed by atoms with Crippen LogP contribution in [0.2, 0.25) is 0 Å². The standard InChI is InChI=1S/C14H13FN2O2/c1-8(2)10-4-3-9(5-11(10)15)12-6-13(14(18)19)17-7-16-12/h3-8H,1-2H3,(H,18,19). The lowest BCUT2D eigenvalue weighted by atomic mass is 10.00. The number of carbonyl (C=O) groups is 1. The van der Waals surface area contributed by atoms with Crippen LogP contribution in [-0.2, 0) is 0 Å². The molecule has 0 atom stereocenters. The monoisotopic (exact) mass is 260 g/mol. The first-order valence-corrected chi connectivity index (χ1v) is 5.84. The fourth-order valence-corrected chi connectivity index (χ4v) is 1.79. The summed E-state index contributed by atoms with van der Waals surface area (Å²) in [6, 6.07) is 6.11. The van der Waals surface area contributed by atoms with E-state index in [-0.39, 0.29) is 17.4 Å². The molecular weight excluding hydrogens is 247 g/mol. The van der Waals surface area contributed by atoms with Crippen LogP contribution in [0.5, 0.6) is 0 Å². The number of aromatic carboxylic acids is 1. The van der Waals surface area contributed by atoms with Gasteiger partial charge in [-0.3, -0.25) is 0 Å². The van der Waals surface area contributed by atoms with E-state index in [2.05, 4.69) is 9.97 Å². The SMILES string of the molecule is CC(C)c1ccc(-c2cc(C(=O)O)ncn2)cc1F. The molecule has 1 heterocycles. The molecule has 0 aliphatic carbocycles. The predicted octanol–water partition coefficient (Wildman–Crippen LogP) is 3.10. The minimum atomic E-state index is -1.14. The number of carboxylic acid groups (broad SMARTS) is 1. The predicted molar refractivity (Wildman–Crippen MR) is 68.5 cm³/mol. The number of benzene rings is 1. The van der Waals surface area contributed by atoms with Gasteiger partial charge in [-0.2, -0.15) is 0 Å². The normalized spacial score (nSPS) is 10.7. The number of halogens is 1. The van der Waals surface area contributed by atoms with Gasteiger partial charge < -0.3 is 5.11 Å². The Morgan fingerprint density at radius 1 is 1.26 bits per heavy atom. The topological polar surface area (TPSA) is 63.1 Å². The Bertz CT molecular complexity index is 627. The first kappa shape index (κ1) is 13.1. The van der Waals surface area contributed by atoms with Gasteiger partial charge in [0.1, 0.15) is 12.1 Å². The van der Waals surface area contributed by atoms with Crippen molar-refractivity contribution >= 4 is 5.97 Å². The summed E-state index contributed by atoms with van der Waals surface area (Å²) in [5.41, 5.74) is 1.43. The van der Waals surface area contributed by atoms with Gasteiger partial charge in [-0.1, -0.05) is 26.0 Å². The van der Waals surface area contributed by atoms with Crippen molar-refractivity contribution in [1.29, 1.82) is 0 Å². The summed E-state index contributed by atoms with van der Waals surface area (Å²) in [6.07, 6.45) is 1.16. The van der Waals surface area contributed by atoms with Crippen LogP contribution in [0.25, 0.3) is 11.3 Å². The second-order valence-corrected chi connectivity index (χ2v) is 4.48. The molecule has 0 aliphatic rings. The number of hydrogen-bond acceptors (Lipinski definition) is 3. The van der Waals surface area contributed by atoms with E-state index in [4.69, 9.17) is 5.11 Å². The second-order valence-electron chi connectivity index (χ2n) is 4.48. The van der Waals surface area contributed by atoms with Crippen LogP contribution in [0.15, 0.2) is 30.6 Å². The summed E-state index contributed by atoms with van der Waals surface area (Å²) < 4.78 is 13.9. The summed E-state index contributed by atoms with van der Waals surface area (Å²) in [5.74, 6) is -1.36. The minimum Gasteiger partial charge on any atom is -0.477 e. The van der Waals surface area contributed by atoms with Crippen molar-refractivity contribution < 1.29 is 14.3 Å². The molecule has 1 aromatic carbocycles. The molecule has 0 unspecified atom stereocenters. The molecule has 2 aromatic rings. The lowest BCUT2D eigenvalue weighted by Crippen LogP contribution is -2.01. The molecule has 0 aliphatic heterocycles. The Hall–Kier alpha value is -2.30. The molecule has 0 fully saturated rings. The van der Waals surface area contributed by atoms with E-state index in [9.17, 15) is 9.18 Å². The zero-order chi connectivity index (χ0) is 14.0. The van der Waals surface area contributed by atoms with Crippen molar-refractivity contribution in [3.8, 4) is 11.3 Å². The molecule has 0 amide bonds. The number of hydrogen-bond donors (Lipinski definition) is 1. The Kier molecular flexibility index (Phi) is 3.55. The highest BCUT2D eigenvalue weighted by molar-refractivity contribution is 5.86. The summed E-state index contributed by atoms with van der Waals surface area (Å²) in [4.78, 5) is 18.4. The zero-order valence-corrected chi connectivity index (χ0v) is 10.6. The lowest BCUT2D eigenvalue weighted by Gasteiger charge is -2.08. The average Bonchev–Trinajstić information content (AvgIpc) is 2.38. The quantitative estimate of drug-likeness (QED) is 0.921. The largest absolute Gasteiger partial charge is 0.477 e. The Morgan fingerprint density at radius 2 is 2.00 bits per heavy atom. The first-order chi connectivity index (χ1) is 8.99. The number of nitrogens with zero attached hydrogens (tertiary/aromatic N) is 2. The molecular formula is C14H13FN2O2. The van der Waals surface area contributed by atoms with Gasteiger partial charge in [0, 0.05) is 5.56 Å². The zero-order valence-electron chi connectivity index (χ0n) is 10.6. The number of rotatable bonds is 3. The van der Waals surface area contributed by atoms with Gasteiger partial charge in [-0.05, 0) is 23.6 Å². The smallest absolute Gasteiger partial charge is 0.354 e. The van der Waals surface area contributed by atoms with Crippen LogP contribution in [0, 0.1) is 5.82 Å². The summed E-state index contributed by atoms with van der Waals surface area (Å²) in [6.45, 7) is 3.82. The lowest BCUT2D eigenvalue weighted by molar-refractivity contribution is 0.0690. The molecule has 98 valence electrons. The van der Waals surface area contributed by atoms with Crippen molar-refractivity contribution in [1.82, 2.24) is 9.97 Å². The van der Waals surface area contributed by atoms with Crippen LogP contribution in [0.3, 0.4) is 0 Å². The van der Waals surface area contributed by atoms with E-state index in [0.29, 0.717) is 16.8 Å². The van der Waals surface area contributed by atoms with E-state index in [1.165, 1.54) is 12.1 Å². The Labute approximate surface area is 110 Å². The molecule has 1 aromatic heterocycles. The second kappa shape index (κ2) is 5.14. The molecule has 0 bridgehead atoms. The van der Waals surface area contributed by atoms with Gasteiger partial charge in [-0.15, -0.1) is 0 Å². The Balaban J connectivity index is 2.45. The van der Waals surface area contributed by atoms with E-state index >= 15 is 0 Å². The van der Waals surface area contributed by atoms with Crippen molar-refractivity contribution in [2.45, 2.75) is 19.8 Å². The molecule has 1 N–H and O–H groups in total. The molecule has 2 rings (SSSR count). The Morgan fingerprint density at radius 3 is 2.58 bits per heavy atom. The van der Waals surface area contributed by atoms with Gasteiger partial charge in [0.15, 0.2) is 5.69 Å². The maximum absolute atomic E-state index is 13.9. The number of carboxylic acids is 1. The summed E-state index contributed by atoms with van der Waals surface area (Å²) in [7, 11) is 0.